The van der Waals surface area contributed by atoms with Crippen LogP contribution < -0.4 is 15.4 Å². The summed E-state index contributed by atoms with van der Waals surface area (Å²) in [6.45, 7) is 5.80. The number of anilines is 1. The van der Waals surface area contributed by atoms with E-state index in [0.717, 1.165) is 12.1 Å². The third-order valence-corrected chi connectivity index (χ3v) is 5.72. The molecule has 2 aromatic carbocycles. The minimum Gasteiger partial charge on any atom is -0.491 e. The maximum absolute atomic E-state index is 13.3. The van der Waals surface area contributed by atoms with Crippen LogP contribution in [-0.2, 0) is 16.0 Å². The number of carbonyl (C=O) groups excluding carboxylic acids is 2. The SMILES string of the molecule is CO[C@H]1CN(C)C(=O)c2cc(NC(=O)Cc3ccccc3)ccc2OC[C@H](C)NC[C@H]1C. The van der Waals surface area contributed by atoms with Crippen molar-refractivity contribution in [3.63, 3.8) is 0 Å². The third kappa shape index (κ3) is 6.31. The van der Waals surface area contributed by atoms with Gasteiger partial charge in [-0.25, -0.2) is 0 Å². The number of likely N-dealkylation sites (N-methyl/N-ethyl adjacent to an activating group) is 1. The van der Waals surface area contributed by atoms with E-state index in [4.69, 9.17) is 9.47 Å². The van der Waals surface area contributed by atoms with E-state index in [0.29, 0.717) is 30.2 Å². The van der Waals surface area contributed by atoms with Crippen LogP contribution >= 0.6 is 0 Å². The van der Waals surface area contributed by atoms with E-state index in [1.807, 2.05) is 37.3 Å². The molecule has 2 amide bonds. The Morgan fingerprint density at radius 2 is 1.97 bits per heavy atom. The second-order valence-electron chi connectivity index (χ2n) is 8.48. The monoisotopic (exact) mass is 439 g/mol. The van der Waals surface area contributed by atoms with Crippen molar-refractivity contribution < 1.29 is 19.1 Å². The molecule has 1 aliphatic heterocycles. The number of carbonyl (C=O) groups is 2. The summed E-state index contributed by atoms with van der Waals surface area (Å²) in [4.78, 5) is 27.4. The molecule has 0 bridgehead atoms. The normalized spacial score (nSPS) is 22.2. The highest BCUT2D eigenvalue weighted by atomic mass is 16.5. The summed E-state index contributed by atoms with van der Waals surface area (Å²) in [5.74, 6) is 0.408. The molecular formula is C25H33N3O4. The van der Waals surface area contributed by atoms with Gasteiger partial charge in [0.25, 0.3) is 5.91 Å². The molecule has 3 atom stereocenters. The molecule has 1 heterocycles. The molecule has 0 spiro atoms. The van der Waals surface area contributed by atoms with Gasteiger partial charge in [0, 0.05) is 39.0 Å². The number of hydrogen-bond acceptors (Lipinski definition) is 5. The predicted molar refractivity (Wildman–Crippen MR) is 125 cm³/mol. The molecular weight excluding hydrogens is 406 g/mol. The molecule has 3 rings (SSSR count). The quantitative estimate of drug-likeness (QED) is 0.766. The van der Waals surface area contributed by atoms with Crippen LogP contribution in [0.5, 0.6) is 5.75 Å². The van der Waals surface area contributed by atoms with Gasteiger partial charge in [-0.15, -0.1) is 0 Å². The van der Waals surface area contributed by atoms with E-state index in [1.165, 1.54) is 0 Å². The Morgan fingerprint density at radius 3 is 2.69 bits per heavy atom. The van der Waals surface area contributed by atoms with Gasteiger partial charge in [0.05, 0.1) is 18.1 Å². The molecule has 7 heteroatoms. The first-order valence-electron chi connectivity index (χ1n) is 11.0. The molecule has 0 saturated heterocycles. The average Bonchev–Trinajstić information content (AvgIpc) is 2.79. The number of rotatable bonds is 4. The molecule has 0 unspecified atom stereocenters. The van der Waals surface area contributed by atoms with Crippen LogP contribution in [0.1, 0.15) is 29.8 Å². The van der Waals surface area contributed by atoms with Crippen LogP contribution in [0.15, 0.2) is 48.5 Å². The lowest BCUT2D eigenvalue weighted by molar-refractivity contribution is -0.115. The Balaban J connectivity index is 1.82. The second kappa shape index (κ2) is 11.1. The molecule has 0 radical (unpaired) electrons. The standard InChI is InChI=1S/C25H33N3O4/c1-17-14-26-18(2)16-32-22-11-10-20(27-24(29)12-19-8-6-5-7-9-19)13-21(22)25(30)28(3)15-23(17)31-4/h5-11,13,17-18,23,26H,12,14-16H2,1-4H3,(H,27,29)/t17-,18+,23+/m1/s1. The topological polar surface area (TPSA) is 79.9 Å². The smallest absolute Gasteiger partial charge is 0.257 e. The lowest BCUT2D eigenvalue weighted by Gasteiger charge is -2.30. The third-order valence-electron chi connectivity index (χ3n) is 5.72. The average molecular weight is 440 g/mol. The minimum absolute atomic E-state index is 0.0961. The van der Waals surface area contributed by atoms with Gasteiger partial charge in [0.15, 0.2) is 0 Å². The number of nitrogens with one attached hydrogen (secondary N) is 2. The van der Waals surface area contributed by atoms with Gasteiger partial charge in [0.2, 0.25) is 5.91 Å². The van der Waals surface area contributed by atoms with Gasteiger partial charge >= 0.3 is 0 Å². The van der Waals surface area contributed by atoms with Crippen LogP contribution in [0.2, 0.25) is 0 Å². The number of amides is 2. The van der Waals surface area contributed by atoms with Crippen molar-refractivity contribution in [2.75, 3.05) is 39.2 Å². The highest BCUT2D eigenvalue weighted by molar-refractivity contribution is 5.99. The molecule has 32 heavy (non-hydrogen) atoms. The second-order valence-corrected chi connectivity index (χ2v) is 8.48. The van der Waals surface area contributed by atoms with E-state index in [9.17, 15) is 9.59 Å². The van der Waals surface area contributed by atoms with Crippen molar-refractivity contribution in [1.82, 2.24) is 10.2 Å². The summed E-state index contributed by atoms with van der Waals surface area (Å²) in [6.07, 6.45) is 0.167. The summed E-state index contributed by atoms with van der Waals surface area (Å²) >= 11 is 0. The molecule has 0 saturated carbocycles. The van der Waals surface area contributed by atoms with E-state index < -0.39 is 0 Å². The lowest BCUT2D eigenvalue weighted by atomic mass is 10.0. The summed E-state index contributed by atoms with van der Waals surface area (Å²) in [7, 11) is 3.43. The maximum Gasteiger partial charge on any atom is 0.257 e. The number of hydrogen-bond donors (Lipinski definition) is 2. The van der Waals surface area contributed by atoms with Crippen molar-refractivity contribution in [2.45, 2.75) is 32.4 Å². The summed E-state index contributed by atoms with van der Waals surface area (Å²) in [5.41, 5.74) is 1.90. The summed E-state index contributed by atoms with van der Waals surface area (Å²) < 4.78 is 11.6. The number of ether oxygens (including phenoxy) is 2. The van der Waals surface area contributed by atoms with Gasteiger partial charge < -0.3 is 25.0 Å². The Bertz CT molecular complexity index is 919. The number of fused-ring (bicyclic) bond motifs is 1. The zero-order chi connectivity index (χ0) is 23.1. The van der Waals surface area contributed by atoms with Gasteiger partial charge in [-0.1, -0.05) is 37.3 Å². The number of methoxy groups -OCH3 is 1. The van der Waals surface area contributed by atoms with Gasteiger partial charge in [-0.3, -0.25) is 9.59 Å². The fourth-order valence-electron chi connectivity index (χ4n) is 3.72. The molecule has 2 N–H and O–H groups in total. The highest BCUT2D eigenvalue weighted by Gasteiger charge is 2.25. The fourth-order valence-corrected chi connectivity index (χ4v) is 3.72. The van der Waals surface area contributed by atoms with E-state index in [1.54, 1.807) is 37.3 Å². The maximum atomic E-state index is 13.3. The van der Waals surface area contributed by atoms with Crippen LogP contribution in [-0.4, -0.2) is 62.7 Å². The van der Waals surface area contributed by atoms with Crippen molar-refractivity contribution >= 4 is 17.5 Å². The van der Waals surface area contributed by atoms with Crippen molar-refractivity contribution in [2.24, 2.45) is 5.92 Å². The van der Waals surface area contributed by atoms with Gasteiger partial charge in [-0.05, 0) is 36.6 Å². The van der Waals surface area contributed by atoms with Crippen LogP contribution in [0.25, 0.3) is 0 Å². The van der Waals surface area contributed by atoms with Crippen molar-refractivity contribution in [3.8, 4) is 5.75 Å². The molecule has 0 aliphatic carbocycles. The van der Waals surface area contributed by atoms with Crippen LogP contribution in [0.4, 0.5) is 5.69 Å². The first-order valence-corrected chi connectivity index (χ1v) is 11.0. The molecule has 1 aliphatic rings. The lowest BCUT2D eigenvalue weighted by Crippen LogP contribution is -2.44. The first kappa shape index (κ1) is 23.8. The molecule has 0 fully saturated rings. The first-order chi connectivity index (χ1) is 15.4. The van der Waals surface area contributed by atoms with Crippen LogP contribution in [0, 0.1) is 5.92 Å². The number of benzene rings is 2. The fraction of sp³-hybridized carbons (Fsp3) is 0.440. The molecule has 172 valence electrons. The Kier molecular flexibility index (Phi) is 8.25. The highest BCUT2D eigenvalue weighted by Crippen LogP contribution is 2.26. The molecule has 2 aromatic rings. The Labute approximate surface area is 190 Å². The van der Waals surface area contributed by atoms with Crippen molar-refractivity contribution in [3.05, 3.63) is 59.7 Å². The van der Waals surface area contributed by atoms with E-state index in [2.05, 4.69) is 17.6 Å². The van der Waals surface area contributed by atoms with E-state index >= 15 is 0 Å². The Morgan fingerprint density at radius 1 is 1.22 bits per heavy atom. The summed E-state index contributed by atoms with van der Waals surface area (Å²) in [5, 5.41) is 6.36. The summed E-state index contributed by atoms with van der Waals surface area (Å²) in [6, 6.07) is 14.8. The minimum atomic E-state index is -0.172. The van der Waals surface area contributed by atoms with E-state index in [-0.39, 0.29) is 36.3 Å². The van der Waals surface area contributed by atoms with Crippen molar-refractivity contribution in [1.29, 1.82) is 0 Å². The van der Waals surface area contributed by atoms with Gasteiger partial charge in [-0.2, -0.15) is 0 Å². The van der Waals surface area contributed by atoms with Gasteiger partial charge in [0.1, 0.15) is 12.4 Å². The predicted octanol–water partition coefficient (Wildman–Crippen LogP) is 2.96. The van der Waals surface area contributed by atoms with Crippen LogP contribution in [0.3, 0.4) is 0 Å². The zero-order valence-corrected chi connectivity index (χ0v) is 19.3. The number of nitrogens with zero attached hydrogens (tertiary/aromatic N) is 1. The molecule has 7 nitrogen and oxygen atoms in total. The molecule has 0 aromatic heterocycles. The zero-order valence-electron chi connectivity index (χ0n) is 19.3. The largest absolute Gasteiger partial charge is 0.491 e. The Hall–Kier alpha value is -2.90.